The van der Waals surface area contributed by atoms with Gasteiger partial charge in [0, 0.05) is 5.69 Å². The average Bonchev–Trinajstić information content (AvgIpc) is 2.50. The van der Waals surface area contributed by atoms with Crippen molar-refractivity contribution in [3.63, 3.8) is 0 Å². The highest BCUT2D eigenvalue weighted by atomic mass is 35.5. The molecule has 0 atom stereocenters. The standard InChI is InChI=1S/C15H9Cl4NO3/c1-6-2-4-7(5-3-6)20-14(21)8-9(15(22)23)11(17)13(19)12(18)10(8)16/h2-5H,1H3,(H,20,21)(H,22,23). The smallest absolute Gasteiger partial charge is 0.338 e. The zero-order valence-corrected chi connectivity index (χ0v) is 14.6. The third kappa shape index (κ3) is 3.56. The van der Waals surface area contributed by atoms with Crippen LogP contribution >= 0.6 is 46.4 Å². The molecule has 120 valence electrons. The van der Waals surface area contributed by atoms with Crippen LogP contribution in [0.3, 0.4) is 0 Å². The minimum Gasteiger partial charge on any atom is -0.478 e. The molecule has 0 radical (unpaired) electrons. The molecule has 8 heteroatoms. The summed E-state index contributed by atoms with van der Waals surface area (Å²) in [4.78, 5) is 23.9. The predicted molar refractivity (Wildman–Crippen MR) is 92.6 cm³/mol. The summed E-state index contributed by atoms with van der Waals surface area (Å²) >= 11 is 23.7. The van der Waals surface area contributed by atoms with Crippen LogP contribution in [0.15, 0.2) is 24.3 Å². The van der Waals surface area contributed by atoms with Gasteiger partial charge in [0.05, 0.1) is 31.2 Å². The Labute approximate surface area is 151 Å². The van der Waals surface area contributed by atoms with Gasteiger partial charge in [-0.05, 0) is 19.1 Å². The van der Waals surface area contributed by atoms with Gasteiger partial charge in [-0.2, -0.15) is 0 Å². The number of carboxylic acids is 1. The van der Waals surface area contributed by atoms with Crippen LogP contribution in [0.25, 0.3) is 0 Å². The number of halogens is 4. The van der Waals surface area contributed by atoms with Gasteiger partial charge in [-0.15, -0.1) is 0 Å². The molecule has 0 fully saturated rings. The number of carbonyl (C=O) groups excluding carboxylic acids is 1. The first kappa shape index (κ1) is 17.9. The molecule has 0 spiro atoms. The van der Waals surface area contributed by atoms with Crippen LogP contribution in [0.4, 0.5) is 5.69 Å². The minimum absolute atomic E-state index is 0.183. The van der Waals surface area contributed by atoms with Crippen LogP contribution in [0.1, 0.15) is 26.3 Å². The fourth-order valence-electron chi connectivity index (χ4n) is 1.88. The third-order valence-corrected chi connectivity index (χ3v) is 4.82. The fourth-order valence-corrected chi connectivity index (χ4v) is 2.90. The van der Waals surface area contributed by atoms with Crippen LogP contribution in [0.5, 0.6) is 0 Å². The van der Waals surface area contributed by atoms with Crippen molar-refractivity contribution in [2.75, 3.05) is 5.32 Å². The Morgan fingerprint density at radius 1 is 0.870 bits per heavy atom. The Morgan fingerprint density at radius 3 is 1.83 bits per heavy atom. The highest BCUT2D eigenvalue weighted by Gasteiger charge is 2.28. The number of aryl methyl sites for hydroxylation is 1. The summed E-state index contributed by atoms with van der Waals surface area (Å²) in [7, 11) is 0. The Kier molecular flexibility index (Phi) is 5.42. The average molecular weight is 393 g/mol. The lowest BCUT2D eigenvalue weighted by molar-refractivity contribution is 0.0692. The Hall–Kier alpha value is -1.46. The summed E-state index contributed by atoms with van der Waals surface area (Å²) in [5, 5.41) is 10.8. The molecule has 0 bridgehead atoms. The lowest BCUT2D eigenvalue weighted by Gasteiger charge is -2.14. The van der Waals surface area contributed by atoms with E-state index in [4.69, 9.17) is 46.4 Å². The molecule has 2 aromatic rings. The van der Waals surface area contributed by atoms with Crippen LogP contribution < -0.4 is 5.32 Å². The minimum atomic E-state index is -1.44. The van der Waals surface area contributed by atoms with E-state index in [2.05, 4.69) is 5.32 Å². The number of nitrogens with one attached hydrogen (secondary N) is 1. The number of anilines is 1. The van der Waals surface area contributed by atoms with Crippen LogP contribution in [0.2, 0.25) is 20.1 Å². The molecule has 0 aliphatic heterocycles. The SMILES string of the molecule is Cc1ccc(NC(=O)c2c(Cl)c(Cl)c(Cl)c(Cl)c2C(=O)O)cc1. The van der Waals surface area contributed by atoms with Gasteiger partial charge in [0.1, 0.15) is 0 Å². The number of carboxylic acid groups (broad SMARTS) is 1. The van der Waals surface area contributed by atoms with Crippen molar-refractivity contribution in [3.8, 4) is 0 Å². The zero-order chi connectivity index (χ0) is 17.3. The summed E-state index contributed by atoms with van der Waals surface area (Å²) in [6.07, 6.45) is 0. The molecule has 0 aromatic heterocycles. The highest BCUT2D eigenvalue weighted by Crippen LogP contribution is 2.41. The maximum absolute atomic E-state index is 12.4. The Morgan fingerprint density at radius 2 is 1.35 bits per heavy atom. The van der Waals surface area contributed by atoms with E-state index in [1.807, 2.05) is 6.92 Å². The Balaban J connectivity index is 2.55. The molecule has 2 N–H and O–H groups in total. The maximum Gasteiger partial charge on any atom is 0.338 e. The number of rotatable bonds is 3. The second kappa shape index (κ2) is 6.97. The molecular formula is C15H9Cl4NO3. The quantitative estimate of drug-likeness (QED) is 0.530. The van der Waals surface area contributed by atoms with E-state index < -0.39 is 17.4 Å². The van der Waals surface area contributed by atoms with Gasteiger partial charge in [-0.1, -0.05) is 64.1 Å². The monoisotopic (exact) mass is 391 g/mol. The number of hydrogen-bond acceptors (Lipinski definition) is 2. The van der Waals surface area contributed by atoms with Crippen LogP contribution in [-0.4, -0.2) is 17.0 Å². The number of aromatic carboxylic acids is 1. The molecule has 0 unspecified atom stereocenters. The summed E-state index contributed by atoms with van der Waals surface area (Å²) in [5.41, 5.74) is 0.620. The zero-order valence-electron chi connectivity index (χ0n) is 11.6. The van der Waals surface area contributed by atoms with Gasteiger partial charge in [0.2, 0.25) is 0 Å². The molecule has 23 heavy (non-hydrogen) atoms. The number of carbonyl (C=O) groups is 2. The summed E-state index contributed by atoms with van der Waals surface area (Å²) in [6, 6.07) is 6.91. The van der Waals surface area contributed by atoms with Crippen LogP contribution in [0, 0.1) is 6.92 Å². The lowest BCUT2D eigenvalue weighted by atomic mass is 10.1. The molecular weight excluding hydrogens is 384 g/mol. The molecule has 0 aliphatic carbocycles. The summed E-state index contributed by atoms with van der Waals surface area (Å²) in [6.45, 7) is 1.89. The van der Waals surface area contributed by atoms with Crippen molar-refractivity contribution in [3.05, 3.63) is 61.0 Å². The van der Waals surface area contributed by atoms with Crippen LogP contribution in [-0.2, 0) is 0 Å². The molecule has 0 saturated heterocycles. The van der Waals surface area contributed by atoms with E-state index in [1.165, 1.54) is 0 Å². The van der Waals surface area contributed by atoms with E-state index in [1.54, 1.807) is 24.3 Å². The van der Waals surface area contributed by atoms with Gasteiger partial charge in [0.25, 0.3) is 5.91 Å². The van der Waals surface area contributed by atoms with E-state index in [0.29, 0.717) is 5.69 Å². The molecule has 0 heterocycles. The second-order valence-electron chi connectivity index (χ2n) is 4.63. The van der Waals surface area contributed by atoms with E-state index in [0.717, 1.165) is 5.56 Å². The van der Waals surface area contributed by atoms with Crippen molar-refractivity contribution in [2.24, 2.45) is 0 Å². The molecule has 1 amide bonds. The normalized spacial score (nSPS) is 10.5. The largest absolute Gasteiger partial charge is 0.478 e. The molecule has 0 aliphatic rings. The first-order chi connectivity index (χ1) is 10.7. The second-order valence-corrected chi connectivity index (χ2v) is 6.14. The number of amides is 1. The molecule has 4 nitrogen and oxygen atoms in total. The molecule has 2 aromatic carbocycles. The summed E-state index contributed by atoms with van der Waals surface area (Å²) in [5.74, 6) is -2.19. The number of hydrogen-bond donors (Lipinski definition) is 2. The van der Waals surface area contributed by atoms with Gasteiger partial charge >= 0.3 is 5.97 Å². The summed E-state index contributed by atoms with van der Waals surface area (Å²) < 4.78 is 0. The van der Waals surface area contributed by atoms with E-state index in [-0.39, 0.29) is 25.7 Å². The topological polar surface area (TPSA) is 66.4 Å². The van der Waals surface area contributed by atoms with Gasteiger partial charge in [-0.25, -0.2) is 4.79 Å². The van der Waals surface area contributed by atoms with Gasteiger partial charge in [0.15, 0.2) is 0 Å². The maximum atomic E-state index is 12.4. The van der Waals surface area contributed by atoms with Gasteiger partial charge in [-0.3, -0.25) is 4.79 Å². The fraction of sp³-hybridized carbons (Fsp3) is 0.0667. The molecule has 0 saturated carbocycles. The van der Waals surface area contributed by atoms with Crippen molar-refractivity contribution >= 4 is 64.0 Å². The lowest BCUT2D eigenvalue weighted by Crippen LogP contribution is -2.18. The van der Waals surface area contributed by atoms with Gasteiger partial charge < -0.3 is 10.4 Å². The third-order valence-electron chi connectivity index (χ3n) is 3.02. The molecule has 2 rings (SSSR count). The first-order valence-electron chi connectivity index (χ1n) is 6.21. The van der Waals surface area contributed by atoms with E-state index >= 15 is 0 Å². The van der Waals surface area contributed by atoms with Crippen molar-refractivity contribution in [1.82, 2.24) is 0 Å². The first-order valence-corrected chi connectivity index (χ1v) is 7.72. The number of benzene rings is 2. The Bertz CT molecular complexity index is 804. The predicted octanol–water partition coefficient (Wildman–Crippen LogP) is 5.56. The van der Waals surface area contributed by atoms with Crippen molar-refractivity contribution in [2.45, 2.75) is 6.92 Å². The highest BCUT2D eigenvalue weighted by molar-refractivity contribution is 6.54. The van der Waals surface area contributed by atoms with Crippen molar-refractivity contribution in [1.29, 1.82) is 0 Å². The van der Waals surface area contributed by atoms with E-state index in [9.17, 15) is 14.7 Å². The van der Waals surface area contributed by atoms with Crippen molar-refractivity contribution < 1.29 is 14.7 Å².